The van der Waals surface area contributed by atoms with Crippen LogP contribution in [0.2, 0.25) is 0 Å². The van der Waals surface area contributed by atoms with E-state index in [4.69, 9.17) is 5.73 Å². The lowest BCUT2D eigenvalue weighted by molar-refractivity contribution is 0.552. The van der Waals surface area contributed by atoms with Gasteiger partial charge in [0, 0.05) is 12.1 Å². The van der Waals surface area contributed by atoms with Crippen LogP contribution in [0.1, 0.15) is 44.2 Å². The van der Waals surface area contributed by atoms with Crippen LogP contribution in [0.4, 0.5) is 8.78 Å². The smallest absolute Gasteiger partial charge is 0.126 e. The topological polar surface area (TPSA) is 26.0 Å². The van der Waals surface area contributed by atoms with Gasteiger partial charge in [-0.3, -0.25) is 0 Å². The van der Waals surface area contributed by atoms with Crippen LogP contribution in [-0.2, 0) is 0 Å². The summed E-state index contributed by atoms with van der Waals surface area (Å²) in [7, 11) is 0. The summed E-state index contributed by atoms with van der Waals surface area (Å²) in [5, 5.41) is 0. The van der Waals surface area contributed by atoms with Gasteiger partial charge in [0.2, 0.25) is 0 Å². The molecule has 0 amide bonds. The van der Waals surface area contributed by atoms with Gasteiger partial charge in [-0.2, -0.15) is 0 Å². The fourth-order valence-corrected chi connectivity index (χ4v) is 1.57. The number of rotatable bonds is 5. The number of benzene rings is 1. The zero-order valence-electron chi connectivity index (χ0n) is 8.97. The molecule has 1 nitrogen and oxygen atoms in total. The van der Waals surface area contributed by atoms with Gasteiger partial charge in [0.1, 0.15) is 11.6 Å². The molecule has 0 saturated carbocycles. The maximum atomic E-state index is 12.9. The molecule has 0 spiro atoms. The van der Waals surface area contributed by atoms with E-state index in [0.29, 0.717) is 5.56 Å². The first kappa shape index (κ1) is 12.1. The van der Waals surface area contributed by atoms with Crippen LogP contribution in [-0.4, -0.2) is 0 Å². The zero-order chi connectivity index (χ0) is 11.3. The minimum Gasteiger partial charge on any atom is -0.324 e. The average Bonchev–Trinajstić information content (AvgIpc) is 2.16. The van der Waals surface area contributed by atoms with Crippen molar-refractivity contribution in [1.82, 2.24) is 0 Å². The first-order valence-electron chi connectivity index (χ1n) is 5.35. The molecule has 1 rings (SSSR count). The third kappa shape index (κ3) is 3.96. The predicted molar refractivity (Wildman–Crippen MR) is 57.4 cm³/mol. The molecule has 0 fully saturated rings. The normalized spacial score (nSPS) is 12.8. The van der Waals surface area contributed by atoms with Crippen LogP contribution < -0.4 is 5.73 Å². The summed E-state index contributed by atoms with van der Waals surface area (Å²) in [6.07, 6.45) is 3.99. The van der Waals surface area contributed by atoms with Crippen molar-refractivity contribution in [3.63, 3.8) is 0 Å². The molecule has 0 bridgehead atoms. The highest BCUT2D eigenvalue weighted by molar-refractivity contribution is 5.20. The summed E-state index contributed by atoms with van der Waals surface area (Å²) in [6.45, 7) is 2.10. The molecule has 0 aromatic heterocycles. The Bertz CT molecular complexity index is 292. The molecule has 1 aromatic rings. The molecular weight excluding hydrogens is 196 g/mol. The lowest BCUT2D eigenvalue weighted by Crippen LogP contribution is -2.10. The summed E-state index contributed by atoms with van der Waals surface area (Å²) < 4.78 is 25.8. The van der Waals surface area contributed by atoms with Crippen LogP contribution in [0.15, 0.2) is 18.2 Å². The first-order chi connectivity index (χ1) is 7.13. The molecule has 15 heavy (non-hydrogen) atoms. The van der Waals surface area contributed by atoms with Gasteiger partial charge in [0.05, 0.1) is 0 Å². The minimum absolute atomic E-state index is 0.262. The van der Waals surface area contributed by atoms with E-state index in [2.05, 4.69) is 6.92 Å². The maximum Gasteiger partial charge on any atom is 0.126 e. The molecule has 0 aliphatic rings. The Morgan fingerprint density at radius 2 is 1.73 bits per heavy atom. The van der Waals surface area contributed by atoms with Crippen molar-refractivity contribution in [3.8, 4) is 0 Å². The SMILES string of the molecule is CCCCCC(N)c1cc(F)cc(F)c1. The summed E-state index contributed by atoms with van der Waals surface area (Å²) in [6, 6.07) is 3.21. The monoisotopic (exact) mass is 213 g/mol. The Balaban J connectivity index is 2.60. The molecule has 0 aliphatic heterocycles. The van der Waals surface area contributed by atoms with Crippen LogP contribution in [0.5, 0.6) is 0 Å². The Morgan fingerprint density at radius 3 is 2.27 bits per heavy atom. The Morgan fingerprint density at radius 1 is 1.13 bits per heavy atom. The fourth-order valence-electron chi connectivity index (χ4n) is 1.57. The molecule has 0 radical (unpaired) electrons. The van der Waals surface area contributed by atoms with Crippen LogP contribution >= 0.6 is 0 Å². The number of hydrogen-bond donors (Lipinski definition) is 1. The minimum atomic E-state index is -0.559. The third-order valence-corrected chi connectivity index (χ3v) is 2.43. The summed E-state index contributed by atoms with van der Waals surface area (Å²) in [5.41, 5.74) is 6.39. The van der Waals surface area contributed by atoms with Gasteiger partial charge in [0.15, 0.2) is 0 Å². The zero-order valence-corrected chi connectivity index (χ0v) is 8.97. The van der Waals surface area contributed by atoms with E-state index in [1.54, 1.807) is 0 Å². The molecule has 0 aliphatic carbocycles. The Hall–Kier alpha value is -0.960. The number of nitrogens with two attached hydrogens (primary N) is 1. The lowest BCUT2D eigenvalue weighted by Gasteiger charge is -2.11. The van der Waals surface area contributed by atoms with Gasteiger partial charge in [-0.25, -0.2) is 8.78 Å². The van der Waals surface area contributed by atoms with E-state index in [1.807, 2.05) is 0 Å². The summed E-state index contributed by atoms with van der Waals surface area (Å²) in [4.78, 5) is 0. The molecular formula is C12H17F2N. The van der Waals surface area contributed by atoms with E-state index in [1.165, 1.54) is 12.1 Å². The molecule has 0 saturated heterocycles. The number of halogens is 2. The molecule has 1 unspecified atom stereocenters. The quantitative estimate of drug-likeness (QED) is 0.744. The largest absolute Gasteiger partial charge is 0.324 e. The van der Waals surface area contributed by atoms with Crippen molar-refractivity contribution in [2.45, 2.75) is 38.6 Å². The van der Waals surface area contributed by atoms with Gasteiger partial charge in [0.25, 0.3) is 0 Å². The molecule has 3 heteroatoms. The van der Waals surface area contributed by atoms with Crippen LogP contribution in [0, 0.1) is 11.6 Å². The van der Waals surface area contributed by atoms with Crippen LogP contribution in [0.3, 0.4) is 0 Å². The lowest BCUT2D eigenvalue weighted by atomic mass is 10.0. The standard InChI is InChI=1S/C12H17F2N/c1-2-3-4-5-12(15)9-6-10(13)8-11(14)7-9/h6-8,12H,2-5,15H2,1H3. The maximum absolute atomic E-state index is 12.9. The van der Waals surface area contributed by atoms with Gasteiger partial charge >= 0.3 is 0 Å². The fraction of sp³-hybridized carbons (Fsp3) is 0.500. The average molecular weight is 213 g/mol. The van der Waals surface area contributed by atoms with Gasteiger partial charge in [-0.05, 0) is 24.1 Å². The number of hydrogen-bond acceptors (Lipinski definition) is 1. The summed E-state index contributed by atoms with van der Waals surface area (Å²) >= 11 is 0. The Labute approximate surface area is 89.3 Å². The summed E-state index contributed by atoms with van der Waals surface area (Å²) in [5.74, 6) is -1.12. The van der Waals surface area contributed by atoms with E-state index in [9.17, 15) is 8.78 Å². The highest BCUT2D eigenvalue weighted by Crippen LogP contribution is 2.19. The highest BCUT2D eigenvalue weighted by Gasteiger charge is 2.08. The van der Waals surface area contributed by atoms with Gasteiger partial charge in [-0.15, -0.1) is 0 Å². The molecule has 1 atom stereocenters. The predicted octanol–water partition coefficient (Wildman–Crippen LogP) is 3.54. The second kappa shape index (κ2) is 5.81. The van der Waals surface area contributed by atoms with Gasteiger partial charge < -0.3 is 5.73 Å². The molecule has 2 N–H and O–H groups in total. The van der Waals surface area contributed by atoms with Crippen molar-refractivity contribution < 1.29 is 8.78 Å². The van der Waals surface area contributed by atoms with Crippen molar-refractivity contribution in [3.05, 3.63) is 35.4 Å². The van der Waals surface area contributed by atoms with Crippen LogP contribution in [0.25, 0.3) is 0 Å². The van der Waals surface area contributed by atoms with Crippen molar-refractivity contribution >= 4 is 0 Å². The molecule has 1 aromatic carbocycles. The Kier molecular flexibility index (Phi) is 4.69. The van der Waals surface area contributed by atoms with E-state index < -0.39 is 11.6 Å². The van der Waals surface area contributed by atoms with E-state index in [-0.39, 0.29) is 6.04 Å². The third-order valence-electron chi connectivity index (χ3n) is 2.43. The number of unbranched alkanes of at least 4 members (excludes halogenated alkanes) is 2. The molecule has 84 valence electrons. The van der Waals surface area contributed by atoms with E-state index in [0.717, 1.165) is 31.7 Å². The first-order valence-corrected chi connectivity index (χ1v) is 5.35. The van der Waals surface area contributed by atoms with Crippen molar-refractivity contribution in [2.75, 3.05) is 0 Å². The van der Waals surface area contributed by atoms with Gasteiger partial charge in [-0.1, -0.05) is 26.2 Å². The molecule has 0 heterocycles. The highest BCUT2D eigenvalue weighted by atomic mass is 19.1. The second-order valence-electron chi connectivity index (χ2n) is 3.81. The van der Waals surface area contributed by atoms with E-state index >= 15 is 0 Å². The van der Waals surface area contributed by atoms with Crippen molar-refractivity contribution in [2.24, 2.45) is 5.73 Å². The van der Waals surface area contributed by atoms with Crippen molar-refractivity contribution in [1.29, 1.82) is 0 Å². The second-order valence-corrected chi connectivity index (χ2v) is 3.81.